The number of nitrogens with zero attached hydrogens (tertiary/aromatic N) is 1. The van der Waals surface area contributed by atoms with Gasteiger partial charge in [0.05, 0.1) is 4.91 Å². The Hall–Kier alpha value is -3.13. The Morgan fingerprint density at radius 2 is 1.86 bits per heavy atom. The van der Waals surface area contributed by atoms with Crippen molar-refractivity contribution >= 4 is 34.9 Å². The molecule has 8 heteroatoms. The molecule has 2 aromatic rings. The summed E-state index contributed by atoms with van der Waals surface area (Å²) in [5, 5.41) is 11.3. The van der Waals surface area contributed by atoms with E-state index in [1.807, 2.05) is 0 Å². The number of phenolic OH excluding ortho intramolecular Hbond substituents is 1. The van der Waals surface area contributed by atoms with Crippen LogP contribution in [0.25, 0.3) is 6.08 Å². The maximum absolute atomic E-state index is 13.7. The minimum Gasteiger partial charge on any atom is -0.508 e. The zero-order valence-corrected chi connectivity index (χ0v) is 15.5. The number of aromatic hydroxyl groups is 1. The number of imide groups is 1. The van der Waals surface area contributed by atoms with Crippen molar-refractivity contribution in [2.24, 2.45) is 0 Å². The summed E-state index contributed by atoms with van der Waals surface area (Å²) in [5.41, 5.74) is 1.13. The van der Waals surface area contributed by atoms with Crippen LogP contribution >= 0.6 is 11.8 Å². The molecule has 0 aromatic heterocycles. The molecule has 3 amide bonds. The fourth-order valence-electron chi connectivity index (χ4n) is 2.58. The first-order valence-corrected chi connectivity index (χ1v) is 9.30. The number of thioether (sulfide) groups is 1. The average Bonchev–Trinajstić information content (AvgIpc) is 2.93. The molecule has 6 nitrogen and oxygen atoms in total. The van der Waals surface area contributed by atoms with Crippen molar-refractivity contribution in [3.8, 4) is 5.75 Å². The van der Waals surface area contributed by atoms with E-state index in [1.165, 1.54) is 24.3 Å². The lowest BCUT2D eigenvalue weighted by Gasteiger charge is -2.12. The molecule has 1 saturated heterocycles. The number of rotatable bonds is 6. The van der Waals surface area contributed by atoms with Crippen LogP contribution in [0.1, 0.15) is 11.1 Å². The highest BCUT2D eigenvalue weighted by atomic mass is 32.2. The van der Waals surface area contributed by atoms with Crippen LogP contribution < -0.4 is 5.32 Å². The van der Waals surface area contributed by atoms with Crippen LogP contribution in [0, 0.1) is 5.82 Å². The van der Waals surface area contributed by atoms with E-state index in [2.05, 4.69) is 5.32 Å². The van der Waals surface area contributed by atoms with Crippen LogP contribution in [0.5, 0.6) is 5.75 Å². The molecule has 0 bridgehead atoms. The van der Waals surface area contributed by atoms with Crippen LogP contribution in [0.15, 0.2) is 53.4 Å². The summed E-state index contributed by atoms with van der Waals surface area (Å²) in [4.78, 5) is 37.4. The SMILES string of the molecule is O=C(CN1C(=O)S/C(=C\c2ccccc2F)C1=O)NCCc1ccc(O)cc1. The Balaban J connectivity index is 1.55. The topological polar surface area (TPSA) is 86.7 Å². The van der Waals surface area contributed by atoms with Crippen molar-refractivity contribution in [3.63, 3.8) is 0 Å². The summed E-state index contributed by atoms with van der Waals surface area (Å²) in [5.74, 6) is -1.42. The number of benzene rings is 2. The number of carbonyl (C=O) groups excluding carboxylic acids is 3. The molecule has 3 rings (SSSR count). The molecule has 2 N–H and O–H groups in total. The molecule has 28 heavy (non-hydrogen) atoms. The maximum Gasteiger partial charge on any atom is 0.294 e. The van der Waals surface area contributed by atoms with Gasteiger partial charge in [-0.05, 0) is 48.0 Å². The molecule has 144 valence electrons. The molecular formula is C20H17FN2O4S. The Bertz CT molecular complexity index is 943. The largest absolute Gasteiger partial charge is 0.508 e. The van der Waals surface area contributed by atoms with Crippen molar-refractivity contribution < 1.29 is 23.9 Å². The van der Waals surface area contributed by atoms with E-state index in [-0.39, 0.29) is 16.2 Å². The first-order chi connectivity index (χ1) is 13.4. The van der Waals surface area contributed by atoms with Gasteiger partial charge >= 0.3 is 0 Å². The fraction of sp³-hybridized carbons (Fsp3) is 0.150. The van der Waals surface area contributed by atoms with Gasteiger partial charge in [-0.15, -0.1) is 0 Å². The number of nitrogens with one attached hydrogen (secondary N) is 1. The van der Waals surface area contributed by atoms with E-state index >= 15 is 0 Å². The maximum atomic E-state index is 13.7. The zero-order chi connectivity index (χ0) is 20.1. The summed E-state index contributed by atoms with van der Waals surface area (Å²) in [7, 11) is 0. The number of hydrogen-bond donors (Lipinski definition) is 2. The summed E-state index contributed by atoms with van der Waals surface area (Å²) in [6, 6.07) is 12.5. The normalized spacial score (nSPS) is 15.3. The number of halogens is 1. The summed E-state index contributed by atoms with van der Waals surface area (Å²) >= 11 is 0.678. The van der Waals surface area contributed by atoms with E-state index in [0.717, 1.165) is 10.5 Å². The van der Waals surface area contributed by atoms with Gasteiger partial charge in [0, 0.05) is 12.1 Å². The number of amides is 3. The lowest BCUT2D eigenvalue weighted by atomic mass is 10.1. The fourth-order valence-corrected chi connectivity index (χ4v) is 3.41. The molecule has 2 aromatic carbocycles. The lowest BCUT2D eigenvalue weighted by molar-refractivity contribution is -0.129. The molecule has 1 heterocycles. The summed E-state index contributed by atoms with van der Waals surface area (Å²) in [6.45, 7) is -0.0697. The third-order valence-electron chi connectivity index (χ3n) is 4.04. The van der Waals surface area contributed by atoms with E-state index in [4.69, 9.17) is 0 Å². The van der Waals surface area contributed by atoms with Crippen molar-refractivity contribution in [3.05, 3.63) is 70.4 Å². The predicted octanol–water partition coefficient (Wildman–Crippen LogP) is 2.93. The quantitative estimate of drug-likeness (QED) is 0.728. The molecule has 0 saturated carbocycles. The first kappa shape index (κ1) is 19.6. The van der Waals surface area contributed by atoms with Crippen LogP contribution in [0.4, 0.5) is 9.18 Å². The Morgan fingerprint density at radius 1 is 1.14 bits per heavy atom. The van der Waals surface area contributed by atoms with Gasteiger partial charge in [0.2, 0.25) is 5.91 Å². The third-order valence-corrected chi connectivity index (χ3v) is 4.95. The second-order valence-corrected chi connectivity index (χ2v) is 7.05. The van der Waals surface area contributed by atoms with Crippen LogP contribution in [-0.2, 0) is 16.0 Å². The number of carbonyl (C=O) groups is 3. The summed E-state index contributed by atoms with van der Waals surface area (Å²) in [6.07, 6.45) is 1.85. The average molecular weight is 400 g/mol. The van der Waals surface area contributed by atoms with E-state index < -0.39 is 29.4 Å². The van der Waals surface area contributed by atoms with Gasteiger partial charge in [0.25, 0.3) is 11.1 Å². The van der Waals surface area contributed by atoms with Gasteiger partial charge < -0.3 is 10.4 Å². The highest BCUT2D eigenvalue weighted by Crippen LogP contribution is 2.32. The van der Waals surface area contributed by atoms with Gasteiger partial charge in [-0.25, -0.2) is 4.39 Å². The van der Waals surface area contributed by atoms with Crippen LogP contribution in [-0.4, -0.2) is 40.1 Å². The van der Waals surface area contributed by atoms with Gasteiger partial charge in [-0.2, -0.15) is 0 Å². The number of phenols is 1. The Morgan fingerprint density at radius 3 is 2.57 bits per heavy atom. The molecule has 0 atom stereocenters. The van der Waals surface area contributed by atoms with E-state index in [1.54, 1.807) is 30.3 Å². The third kappa shape index (κ3) is 4.77. The first-order valence-electron chi connectivity index (χ1n) is 8.48. The van der Waals surface area contributed by atoms with Crippen molar-refractivity contribution in [1.82, 2.24) is 10.2 Å². The van der Waals surface area contributed by atoms with Crippen LogP contribution in [0.2, 0.25) is 0 Å². The van der Waals surface area contributed by atoms with Crippen molar-refractivity contribution in [2.75, 3.05) is 13.1 Å². The zero-order valence-electron chi connectivity index (χ0n) is 14.7. The molecule has 0 unspecified atom stereocenters. The molecule has 1 fully saturated rings. The van der Waals surface area contributed by atoms with Gasteiger partial charge in [-0.1, -0.05) is 30.3 Å². The smallest absolute Gasteiger partial charge is 0.294 e. The second kappa shape index (κ2) is 8.71. The van der Waals surface area contributed by atoms with Crippen molar-refractivity contribution in [2.45, 2.75) is 6.42 Å². The Labute approximate surface area is 165 Å². The van der Waals surface area contributed by atoms with E-state index in [0.29, 0.717) is 24.7 Å². The molecule has 1 aliphatic rings. The van der Waals surface area contributed by atoms with E-state index in [9.17, 15) is 23.9 Å². The van der Waals surface area contributed by atoms with Crippen molar-refractivity contribution in [1.29, 1.82) is 0 Å². The molecule has 0 radical (unpaired) electrons. The molecule has 0 aliphatic carbocycles. The minimum absolute atomic E-state index is 0.0759. The van der Waals surface area contributed by atoms with Gasteiger partial charge in [-0.3, -0.25) is 19.3 Å². The highest BCUT2D eigenvalue weighted by Gasteiger charge is 2.36. The predicted molar refractivity (Wildman–Crippen MR) is 104 cm³/mol. The molecule has 1 aliphatic heterocycles. The molecule has 0 spiro atoms. The second-order valence-electron chi connectivity index (χ2n) is 6.06. The number of hydrogen-bond acceptors (Lipinski definition) is 5. The van der Waals surface area contributed by atoms with Gasteiger partial charge in [0.1, 0.15) is 18.1 Å². The monoisotopic (exact) mass is 400 g/mol. The van der Waals surface area contributed by atoms with Gasteiger partial charge in [0.15, 0.2) is 0 Å². The standard InChI is InChI=1S/C20H17FN2O4S/c21-16-4-2-1-3-14(16)11-17-19(26)23(20(27)28-17)12-18(25)22-10-9-13-5-7-15(24)8-6-13/h1-8,11,24H,9-10,12H2,(H,22,25)/b17-11-. The summed E-state index contributed by atoms with van der Waals surface area (Å²) < 4.78 is 13.7. The Kier molecular flexibility index (Phi) is 6.10. The molecular weight excluding hydrogens is 383 g/mol. The highest BCUT2D eigenvalue weighted by molar-refractivity contribution is 8.18. The van der Waals surface area contributed by atoms with Crippen LogP contribution in [0.3, 0.4) is 0 Å². The lowest BCUT2D eigenvalue weighted by Crippen LogP contribution is -2.40. The minimum atomic E-state index is -0.619.